The van der Waals surface area contributed by atoms with Gasteiger partial charge in [0.2, 0.25) is 0 Å². The zero-order valence-corrected chi connectivity index (χ0v) is 17.3. The van der Waals surface area contributed by atoms with Gasteiger partial charge in [-0.1, -0.05) is 12.1 Å². The van der Waals surface area contributed by atoms with E-state index in [2.05, 4.69) is 25.5 Å². The van der Waals surface area contributed by atoms with Crippen molar-refractivity contribution in [2.75, 3.05) is 13.1 Å². The van der Waals surface area contributed by atoms with E-state index >= 15 is 0 Å². The molecule has 4 atom stereocenters. The summed E-state index contributed by atoms with van der Waals surface area (Å²) in [7, 11) is 0. The topological polar surface area (TPSA) is 75.7 Å². The second-order valence-electron chi connectivity index (χ2n) is 8.60. The number of benzene rings is 1. The molecule has 7 nitrogen and oxygen atoms in total. The number of hydrogen-bond acceptors (Lipinski definition) is 6. The molecule has 1 saturated carbocycles. The molecule has 1 aromatic carbocycles. The highest BCUT2D eigenvalue weighted by molar-refractivity contribution is 7.15. The van der Waals surface area contributed by atoms with Crippen LogP contribution in [-0.2, 0) is 6.54 Å². The van der Waals surface area contributed by atoms with E-state index in [1.54, 1.807) is 16.7 Å². The molecule has 154 valence electrons. The summed E-state index contributed by atoms with van der Waals surface area (Å²) < 4.78 is 3.75. The Balaban J connectivity index is 1.21. The lowest BCUT2D eigenvalue weighted by atomic mass is 9.77. The largest absolute Gasteiger partial charge is 0.391 e. The van der Waals surface area contributed by atoms with Crippen molar-refractivity contribution in [3.63, 3.8) is 0 Å². The quantitative estimate of drug-likeness (QED) is 0.550. The molecule has 0 spiro atoms. The molecule has 0 unspecified atom stereocenters. The van der Waals surface area contributed by atoms with Gasteiger partial charge in [-0.25, -0.2) is 9.97 Å². The summed E-state index contributed by atoms with van der Waals surface area (Å²) in [4.78, 5) is 24.6. The van der Waals surface area contributed by atoms with Gasteiger partial charge in [0, 0.05) is 37.3 Å². The second-order valence-corrected chi connectivity index (χ2v) is 9.48. The van der Waals surface area contributed by atoms with Gasteiger partial charge in [-0.3, -0.25) is 14.1 Å². The van der Waals surface area contributed by atoms with Crippen LogP contribution in [0.25, 0.3) is 16.0 Å². The number of imidazole rings is 1. The molecule has 1 aliphatic heterocycles. The van der Waals surface area contributed by atoms with Crippen molar-refractivity contribution in [2.24, 2.45) is 11.8 Å². The molecule has 1 saturated heterocycles. The van der Waals surface area contributed by atoms with Crippen LogP contribution < -0.4 is 5.56 Å². The predicted molar refractivity (Wildman–Crippen MR) is 116 cm³/mol. The van der Waals surface area contributed by atoms with Crippen LogP contribution in [0.3, 0.4) is 0 Å². The molecule has 4 aromatic rings. The predicted octanol–water partition coefficient (Wildman–Crippen LogP) is 2.55. The van der Waals surface area contributed by atoms with Crippen LogP contribution >= 0.6 is 11.3 Å². The van der Waals surface area contributed by atoms with Gasteiger partial charge in [0.25, 0.3) is 5.56 Å². The first-order valence-corrected chi connectivity index (χ1v) is 11.3. The summed E-state index contributed by atoms with van der Waals surface area (Å²) in [5, 5.41) is 12.8. The highest BCUT2D eigenvalue weighted by atomic mass is 32.1. The van der Waals surface area contributed by atoms with Crippen molar-refractivity contribution >= 4 is 27.3 Å². The zero-order valence-electron chi connectivity index (χ0n) is 16.5. The Hall–Kier alpha value is -2.55. The molecule has 0 amide bonds. The van der Waals surface area contributed by atoms with Gasteiger partial charge in [0.05, 0.1) is 35.2 Å². The fourth-order valence-corrected chi connectivity index (χ4v) is 6.11. The first-order valence-electron chi connectivity index (χ1n) is 10.4. The first kappa shape index (κ1) is 18.2. The van der Waals surface area contributed by atoms with Crippen molar-refractivity contribution < 1.29 is 5.11 Å². The van der Waals surface area contributed by atoms with E-state index in [9.17, 15) is 9.90 Å². The third-order valence-corrected chi connectivity index (χ3v) is 7.52. The van der Waals surface area contributed by atoms with Gasteiger partial charge in [0.1, 0.15) is 0 Å². The van der Waals surface area contributed by atoms with Crippen LogP contribution in [0.4, 0.5) is 0 Å². The molecule has 0 radical (unpaired) electrons. The lowest BCUT2D eigenvalue weighted by molar-refractivity contribution is 0.0374. The van der Waals surface area contributed by atoms with Gasteiger partial charge in [0.15, 0.2) is 4.96 Å². The lowest BCUT2D eigenvalue weighted by Crippen LogP contribution is -2.36. The second kappa shape index (κ2) is 7.01. The number of aliphatic hydroxyl groups is 1. The van der Waals surface area contributed by atoms with E-state index < -0.39 is 0 Å². The van der Waals surface area contributed by atoms with E-state index in [-0.39, 0.29) is 17.7 Å². The number of thiazole rings is 1. The van der Waals surface area contributed by atoms with Crippen LogP contribution in [0.1, 0.15) is 24.6 Å². The van der Waals surface area contributed by atoms with E-state index in [4.69, 9.17) is 0 Å². The monoisotopic (exact) mass is 421 g/mol. The summed E-state index contributed by atoms with van der Waals surface area (Å²) in [6.45, 7) is 2.61. The standard InChI is InChI=1S/C22H23N5O2S/c28-20-8-15-11-25(12-16-9-21(29)26-5-6-30-22(26)24-16)10-14(15)7-19(20)27-13-23-17-3-1-2-4-18(17)27/h1-6,9,13-15,19-20,28H,7-8,10-12H2/t14-,15+,19-,20-/m1/s1. The zero-order chi connectivity index (χ0) is 20.2. The lowest BCUT2D eigenvalue weighted by Gasteiger charge is -2.36. The maximum Gasteiger partial charge on any atom is 0.258 e. The summed E-state index contributed by atoms with van der Waals surface area (Å²) in [6, 6.07) is 9.82. The van der Waals surface area contributed by atoms with E-state index in [0.717, 1.165) is 47.6 Å². The van der Waals surface area contributed by atoms with Crippen molar-refractivity contribution in [2.45, 2.75) is 31.5 Å². The minimum absolute atomic E-state index is 0.0182. The summed E-state index contributed by atoms with van der Waals surface area (Å²) in [6.07, 6.45) is 5.03. The normalized spacial score (nSPS) is 27.1. The summed E-state index contributed by atoms with van der Waals surface area (Å²) >= 11 is 1.49. The van der Waals surface area contributed by atoms with E-state index in [1.807, 2.05) is 29.9 Å². The molecule has 0 bridgehead atoms. The average molecular weight is 422 g/mol. The number of aliphatic hydroxyl groups excluding tert-OH is 1. The Kier molecular flexibility index (Phi) is 4.26. The third kappa shape index (κ3) is 2.98. The molecule has 4 heterocycles. The Labute approximate surface area is 177 Å². The minimum atomic E-state index is -0.367. The Morgan fingerprint density at radius 1 is 1.17 bits per heavy atom. The number of hydrogen-bond donors (Lipinski definition) is 1. The van der Waals surface area contributed by atoms with E-state index in [1.165, 1.54) is 11.3 Å². The highest BCUT2D eigenvalue weighted by Crippen LogP contribution is 2.42. The smallest absolute Gasteiger partial charge is 0.258 e. The van der Waals surface area contributed by atoms with Crippen molar-refractivity contribution in [3.8, 4) is 0 Å². The van der Waals surface area contributed by atoms with Crippen molar-refractivity contribution in [1.29, 1.82) is 0 Å². The van der Waals surface area contributed by atoms with Crippen molar-refractivity contribution in [1.82, 2.24) is 23.8 Å². The molecule has 2 aliphatic rings. The molecule has 30 heavy (non-hydrogen) atoms. The Bertz CT molecular complexity index is 1280. The maximum absolute atomic E-state index is 12.3. The number of aromatic nitrogens is 4. The van der Waals surface area contributed by atoms with Gasteiger partial charge in [-0.05, 0) is 36.8 Å². The van der Waals surface area contributed by atoms with Gasteiger partial charge >= 0.3 is 0 Å². The van der Waals surface area contributed by atoms with Crippen molar-refractivity contribution in [3.05, 3.63) is 64.3 Å². The fourth-order valence-electron chi connectivity index (χ4n) is 5.37. The minimum Gasteiger partial charge on any atom is -0.391 e. The molecular formula is C22H23N5O2S. The highest BCUT2D eigenvalue weighted by Gasteiger charge is 2.42. The SMILES string of the molecule is O=c1cc(CN2C[C@H]3C[C@@H](n4cnc5ccccc54)[C@H](O)C[C@H]3C2)nc2sccn12. The van der Waals surface area contributed by atoms with Gasteiger partial charge in [-0.2, -0.15) is 0 Å². The van der Waals surface area contributed by atoms with Crippen LogP contribution in [0, 0.1) is 11.8 Å². The molecular weight excluding hydrogens is 398 g/mol. The van der Waals surface area contributed by atoms with Gasteiger partial charge in [-0.15, -0.1) is 11.3 Å². The maximum atomic E-state index is 12.3. The third-order valence-electron chi connectivity index (χ3n) is 6.76. The number of fused-ring (bicyclic) bond motifs is 3. The molecule has 2 fully saturated rings. The van der Waals surface area contributed by atoms with Crippen LogP contribution in [0.2, 0.25) is 0 Å². The van der Waals surface area contributed by atoms with Gasteiger partial charge < -0.3 is 9.67 Å². The fraction of sp³-hybridized carbons (Fsp3) is 0.409. The molecule has 8 heteroatoms. The molecule has 6 rings (SSSR count). The molecule has 1 N–H and O–H groups in total. The summed E-state index contributed by atoms with van der Waals surface area (Å²) in [5.74, 6) is 1.02. The average Bonchev–Trinajstić information content (AvgIpc) is 3.45. The van der Waals surface area contributed by atoms with Crippen LogP contribution in [-0.4, -0.2) is 48.1 Å². The first-order chi connectivity index (χ1) is 14.7. The summed E-state index contributed by atoms with van der Waals surface area (Å²) in [5.41, 5.74) is 2.87. The van der Waals surface area contributed by atoms with Crippen LogP contribution in [0.15, 0.2) is 53.0 Å². The Morgan fingerprint density at radius 3 is 2.90 bits per heavy atom. The molecule has 1 aliphatic carbocycles. The van der Waals surface area contributed by atoms with E-state index in [0.29, 0.717) is 18.4 Å². The Morgan fingerprint density at radius 2 is 2.00 bits per heavy atom. The number of nitrogens with zero attached hydrogens (tertiary/aromatic N) is 5. The number of rotatable bonds is 3. The van der Waals surface area contributed by atoms with Crippen LogP contribution in [0.5, 0.6) is 0 Å². The number of likely N-dealkylation sites (tertiary alicyclic amines) is 1. The molecule has 3 aromatic heterocycles. The number of para-hydroxylation sites is 2.